The molecule has 0 N–H and O–H groups in total. The SMILES string of the molecule is CCOc1ccc([C@H]2C(C(=O)OC(C)C)=C(C)N=c3s/c(=C/c4cc(Br)c(OCc5ccccc5F)c(OC)c4)c(=O)n32)cc1. The number of fused-ring (bicyclic) bond motifs is 1. The summed E-state index contributed by atoms with van der Waals surface area (Å²) in [5.41, 5.74) is 2.26. The zero-order valence-corrected chi connectivity index (χ0v) is 27.8. The molecule has 45 heavy (non-hydrogen) atoms. The van der Waals surface area contributed by atoms with Gasteiger partial charge in [0.15, 0.2) is 16.3 Å². The maximum Gasteiger partial charge on any atom is 0.338 e. The average Bonchev–Trinajstić information content (AvgIpc) is 3.30. The van der Waals surface area contributed by atoms with E-state index in [0.717, 1.165) is 5.56 Å². The van der Waals surface area contributed by atoms with Crippen LogP contribution in [0.5, 0.6) is 17.2 Å². The molecule has 0 radical (unpaired) electrons. The van der Waals surface area contributed by atoms with Crippen molar-refractivity contribution in [3.8, 4) is 17.2 Å². The van der Waals surface area contributed by atoms with Gasteiger partial charge in [0.05, 0.1) is 46.1 Å². The van der Waals surface area contributed by atoms with Crippen molar-refractivity contribution in [2.24, 2.45) is 4.99 Å². The molecule has 4 aromatic rings. The third kappa shape index (κ3) is 6.89. The van der Waals surface area contributed by atoms with Crippen molar-refractivity contribution in [2.75, 3.05) is 13.7 Å². The largest absolute Gasteiger partial charge is 0.494 e. The van der Waals surface area contributed by atoms with E-state index in [1.807, 2.05) is 31.2 Å². The lowest BCUT2D eigenvalue weighted by atomic mass is 9.96. The molecule has 234 valence electrons. The van der Waals surface area contributed by atoms with Crippen LogP contribution < -0.4 is 29.1 Å². The highest BCUT2D eigenvalue weighted by Crippen LogP contribution is 2.38. The molecule has 11 heteroatoms. The van der Waals surface area contributed by atoms with Gasteiger partial charge >= 0.3 is 5.97 Å². The number of hydrogen-bond donors (Lipinski definition) is 0. The number of carbonyl (C=O) groups is 1. The maximum atomic E-state index is 14.1. The van der Waals surface area contributed by atoms with Gasteiger partial charge in [-0.2, -0.15) is 0 Å². The first-order valence-corrected chi connectivity index (χ1v) is 15.9. The molecule has 0 aliphatic carbocycles. The first-order chi connectivity index (χ1) is 21.6. The Balaban J connectivity index is 1.57. The Bertz CT molecular complexity index is 1950. The lowest BCUT2D eigenvalue weighted by molar-refractivity contribution is -0.143. The Morgan fingerprint density at radius 1 is 1.13 bits per heavy atom. The molecule has 8 nitrogen and oxygen atoms in total. The van der Waals surface area contributed by atoms with Crippen LogP contribution in [0.1, 0.15) is 50.4 Å². The van der Waals surface area contributed by atoms with Gasteiger partial charge in [0.1, 0.15) is 18.2 Å². The summed E-state index contributed by atoms with van der Waals surface area (Å²) < 4.78 is 39.4. The van der Waals surface area contributed by atoms with Gasteiger partial charge in [-0.1, -0.05) is 41.7 Å². The second-order valence-electron chi connectivity index (χ2n) is 10.5. The van der Waals surface area contributed by atoms with E-state index in [1.54, 1.807) is 57.2 Å². The topological polar surface area (TPSA) is 88.4 Å². The number of allylic oxidation sites excluding steroid dienone is 1. The van der Waals surface area contributed by atoms with Gasteiger partial charge in [-0.3, -0.25) is 9.36 Å². The molecule has 0 saturated heterocycles. The van der Waals surface area contributed by atoms with Gasteiger partial charge in [0.2, 0.25) is 0 Å². The first-order valence-electron chi connectivity index (χ1n) is 14.3. The summed E-state index contributed by atoms with van der Waals surface area (Å²) in [6, 6.07) is 16.5. The summed E-state index contributed by atoms with van der Waals surface area (Å²) in [5, 5.41) is 0. The lowest BCUT2D eigenvalue weighted by Gasteiger charge is -2.25. The molecule has 1 aromatic heterocycles. The molecule has 1 aliphatic heterocycles. The van der Waals surface area contributed by atoms with Crippen molar-refractivity contribution in [1.82, 2.24) is 4.57 Å². The number of aromatic nitrogens is 1. The fourth-order valence-corrected chi connectivity index (χ4v) is 6.59. The highest BCUT2D eigenvalue weighted by molar-refractivity contribution is 9.10. The molecule has 0 bridgehead atoms. The number of halogens is 2. The van der Waals surface area contributed by atoms with E-state index in [2.05, 4.69) is 20.9 Å². The summed E-state index contributed by atoms with van der Waals surface area (Å²) in [7, 11) is 1.51. The Morgan fingerprint density at radius 3 is 2.53 bits per heavy atom. The van der Waals surface area contributed by atoms with Crippen LogP contribution in [-0.2, 0) is 16.1 Å². The van der Waals surface area contributed by atoms with Crippen LogP contribution in [0.3, 0.4) is 0 Å². The van der Waals surface area contributed by atoms with Crippen LogP contribution in [0, 0.1) is 5.82 Å². The molecule has 0 amide bonds. The van der Waals surface area contributed by atoms with E-state index < -0.39 is 12.0 Å². The number of carbonyl (C=O) groups excluding carboxylic acids is 1. The van der Waals surface area contributed by atoms with Crippen molar-refractivity contribution < 1.29 is 28.1 Å². The Labute approximate surface area is 272 Å². The van der Waals surface area contributed by atoms with E-state index >= 15 is 0 Å². The van der Waals surface area contributed by atoms with Gasteiger partial charge in [-0.15, -0.1) is 0 Å². The maximum absolute atomic E-state index is 14.1. The fraction of sp³-hybridized carbons (Fsp3) is 0.265. The monoisotopic (exact) mass is 694 g/mol. The number of esters is 1. The molecule has 5 rings (SSSR count). The van der Waals surface area contributed by atoms with Crippen molar-refractivity contribution in [3.05, 3.63) is 119 Å². The molecule has 3 aromatic carbocycles. The second-order valence-corrected chi connectivity index (χ2v) is 12.3. The minimum atomic E-state index is -0.749. The molecule has 0 fully saturated rings. The number of benzene rings is 3. The van der Waals surface area contributed by atoms with Crippen LogP contribution in [0.4, 0.5) is 4.39 Å². The molecular formula is C34H32BrFN2O6S. The minimum Gasteiger partial charge on any atom is -0.494 e. The second kappa shape index (κ2) is 13.8. The summed E-state index contributed by atoms with van der Waals surface area (Å²) in [4.78, 5) is 32.5. The third-order valence-electron chi connectivity index (χ3n) is 6.97. The molecule has 1 atom stereocenters. The van der Waals surface area contributed by atoms with E-state index in [4.69, 9.17) is 18.9 Å². The van der Waals surface area contributed by atoms with Crippen LogP contribution >= 0.6 is 27.3 Å². The highest BCUT2D eigenvalue weighted by atomic mass is 79.9. The van der Waals surface area contributed by atoms with Crippen LogP contribution in [-0.4, -0.2) is 30.4 Å². The molecular weight excluding hydrogens is 663 g/mol. The smallest absolute Gasteiger partial charge is 0.338 e. The number of rotatable bonds is 10. The molecule has 0 spiro atoms. The highest BCUT2D eigenvalue weighted by Gasteiger charge is 2.34. The Hall–Kier alpha value is -4.22. The van der Waals surface area contributed by atoms with E-state index in [9.17, 15) is 14.0 Å². The van der Waals surface area contributed by atoms with Gasteiger partial charge in [0, 0.05) is 5.56 Å². The Morgan fingerprint density at radius 2 is 1.87 bits per heavy atom. The van der Waals surface area contributed by atoms with Crippen LogP contribution in [0.15, 0.2) is 86.2 Å². The first kappa shape index (κ1) is 32.2. The predicted molar refractivity (Wildman–Crippen MR) is 174 cm³/mol. The minimum absolute atomic E-state index is 0.00601. The zero-order valence-electron chi connectivity index (χ0n) is 25.4. The molecule has 0 unspecified atom stereocenters. The average molecular weight is 696 g/mol. The lowest BCUT2D eigenvalue weighted by Crippen LogP contribution is -2.40. The van der Waals surface area contributed by atoms with Crippen molar-refractivity contribution in [3.63, 3.8) is 0 Å². The number of thiazole rings is 1. The van der Waals surface area contributed by atoms with E-state index in [1.165, 1.54) is 29.1 Å². The summed E-state index contributed by atoms with van der Waals surface area (Å²) in [6.45, 7) is 7.72. The number of ether oxygens (including phenoxy) is 4. The molecule has 1 aliphatic rings. The van der Waals surface area contributed by atoms with Crippen molar-refractivity contribution >= 4 is 39.3 Å². The summed E-state index contributed by atoms with van der Waals surface area (Å²) >= 11 is 4.76. The van der Waals surface area contributed by atoms with Crippen molar-refractivity contribution in [1.29, 1.82) is 0 Å². The van der Waals surface area contributed by atoms with Gasteiger partial charge < -0.3 is 18.9 Å². The standard InChI is InChI=1S/C34H32BrFN2O6S/c1-6-42-24-13-11-22(12-14-24)30-29(33(40)44-19(2)3)20(4)37-34-38(30)32(39)28(45-34)17-21-15-25(35)31(27(16-21)41-5)43-18-23-9-7-8-10-26(23)36/h7-17,19,30H,6,18H2,1-5H3/b28-17+/t30-/m0/s1. The summed E-state index contributed by atoms with van der Waals surface area (Å²) in [5.74, 6) is 0.597. The zero-order chi connectivity index (χ0) is 32.2. The van der Waals surface area contributed by atoms with Gasteiger partial charge in [-0.05, 0) is 91.2 Å². The van der Waals surface area contributed by atoms with Crippen molar-refractivity contribution in [2.45, 2.75) is 46.4 Å². The van der Waals surface area contributed by atoms with Gasteiger partial charge in [0.25, 0.3) is 5.56 Å². The molecule has 0 saturated carbocycles. The van der Waals surface area contributed by atoms with Crippen LogP contribution in [0.2, 0.25) is 0 Å². The Kier molecular flexibility index (Phi) is 9.89. The quantitative estimate of drug-likeness (QED) is 0.187. The van der Waals surface area contributed by atoms with E-state index in [0.29, 0.717) is 60.1 Å². The summed E-state index contributed by atoms with van der Waals surface area (Å²) in [6.07, 6.45) is 1.38. The fourth-order valence-electron chi connectivity index (χ4n) is 4.97. The normalized spacial score (nSPS) is 14.7. The third-order valence-corrected chi connectivity index (χ3v) is 8.54. The number of nitrogens with zero attached hydrogens (tertiary/aromatic N) is 2. The number of methoxy groups -OCH3 is 1. The molecule has 2 heterocycles. The van der Waals surface area contributed by atoms with E-state index in [-0.39, 0.29) is 24.1 Å². The number of hydrogen-bond acceptors (Lipinski definition) is 8. The predicted octanol–water partition coefficient (Wildman–Crippen LogP) is 6.07. The van der Waals surface area contributed by atoms with Crippen LogP contribution in [0.25, 0.3) is 6.08 Å². The van der Waals surface area contributed by atoms with Gasteiger partial charge in [-0.25, -0.2) is 14.2 Å².